The van der Waals surface area contributed by atoms with Gasteiger partial charge in [-0.05, 0) is 84.5 Å². The molecule has 0 aromatic rings. The summed E-state index contributed by atoms with van der Waals surface area (Å²) in [5.74, 6) is -0.0525. The summed E-state index contributed by atoms with van der Waals surface area (Å²) >= 11 is 0. The predicted octanol–water partition coefficient (Wildman–Crippen LogP) is 3.31. The number of carbonyl (C=O) groups excluding carboxylic acids is 2. The molecule has 2 N–H and O–H groups in total. The topological polar surface area (TPSA) is 84.9 Å². The number of aliphatic hydroxyl groups is 1. The van der Waals surface area contributed by atoms with Crippen molar-refractivity contribution in [2.45, 2.75) is 102 Å². The molecular weight excluding hydrogens is 322 g/mol. The Morgan fingerprint density at radius 2 is 1.68 bits per heavy atom. The largest absolute Gasteiger partial charge is 0.461 e. The highest BCUT2D eigenvalue weighted by Crippen LogP contribution is 2.29. The first-order valence-corrected chi connectivity index (χ1v) is 9.61. The van der Waals surface area contributed by atoms with Crippen LogP contribution in [0.25, 0.3) is 0 Å². The summed E-state index contributed by atoms with van der Waals surface area (Å²) in [5, 5.41) is 12.4. The Hall–Kier alpha value is -1.30. The molecule has 0 radical (unpaired) electrons. The van der Waals surface area contributed by atoms with Crippen LogP contribution in [0.3, 0.4) is 0 Å². The van der Waals surface area contributed by atoms with Gasteiger partial charge in [-0.25, -0.2) is 9.59 Å². The van der Waals surface area contributed by atoms with Gasteiger partial charge in [-0.2, -0.15) is 0 Å². The lowest BCUT2D eigenvalue weighted by Gasteiger charge is -2.29. The molecule has 2 aliphatic rings. The molecule has 0 aliphatic heterocycles. The van der Waals surface area contributed by atoms with Gasteiger partial charge in [0.15, 0.2) is 0 Å². The Kier molecular flexibility index (Phi) is 7.11. The number of amides is 1. The number of nitrogens with one attached hydrogen (secondary N) is 1. The van der Waals surface area contributed by atoms with Crippen LogP contribution in [0.1, 0.15) is 78.6 Å². The van der Waals surface area contributed by atoms with E-state index in [1.807, 2.05) is 0 Å². The molecule has 6 nitrogen and oxygen atoms in total. The SMILES string of the molecule is CC(C)(C)OC(=O)NC(CC1CCC(O)CC1)C(=O)OC1CCCC1. The highest BCUT2D eigenvalue weighted by molar-refractivity contribution is 5.81. The van der Waals surface area contributed by atoms with Gasteiger partial charge in [-0.1, -0.05) is 0 Å². The van der Waals surface area contributed by atoms with Gasteiger partial charge in [0.1, 0.15) is 17.7 Å². The van der Waals surface area contributed by atoms with Gasteiger partial charge in [-0.3, -0.25) is 0 Å². The molecule has 1 atom stereocenters. The maximum absolute atomic E-state index is 12.6. The highest BCUT2D eigenvalue weighted by atomic mass is 16.6. The molecule has 2 saturated carbocycles. The van der Waals surface area contributed by atoms with E-state index in [0.29, 0.717) is 12.3 Å². The summed E-state index contributed by atoms with van der Waals surface area (Å²) in [6, 6.07) is -0.685. The fourth-order valence-electron chi connectivity index (χ4n) is 3.63. The van der Waals surface area contributed by atoms with Crippen LogP contribution in [0.4, 0.5) is 4.79 Å². The van der Waals surface area contributed by atoms with Crippen LogP contribution in [0.2, 0.25) is 0 Å². The zero-order valence-corrected chi connectivity index (χ0v) is 15.8. The summed E-state index contributed by atoms with van der Waals surface area (Å²) in [6.07, 6.45) is 6.90. The minimum Gasteiger partial charge on any atom is -0.461 e. The van der Waals surface area contributed by atoms with E-state index in [-0.39, 0.29) is 18.2 Å². The van der Waals surface area contributed by atoms with E-state index >= 15 is 0 Å². The monoisotopic (exact) mass is 355 g/mol. The Labute approximate surface area is 150 Å². The van der Waals surface area contributed by atoms with Crippen LogP contribution in [0.15, 0.2) is 0 Å². The maximum atomic E-state index is 12.6. The number of ether oxygens (including phenoxy) is 2. The van der Waals surface area contributed by atoms with E-state index in [1.165, 1.54) is 0 Å². The maximum Gasteiger partial charge on any atom is 0.408 e. The van der Waals surface area contributed by atoms with Crippen molar-refractivity contribution in [2.24, 2.45) is 5.92 Å². The lowest BCUT2D eigenvalue weighted by Crippen LogP contribution is -2.46. The van der Waals surface area contributed by atoms with E-state index in [9.17, 15) is 14.7 Å². The van der Waals surface area contributed by atoms with E-state index in [2.05, 4.69) is 5.32 Å². The zero-order chi connectivity index (χ0) is 18.4. The molecule has 2 aliphatic carbocycles. The van der Waals surface area contributed by atoms with Crippen molar-refractivity contribution in [3.05, 3.63) is 0 Å². The van der Waals surface area contributed by atoms with Crippen LogP contribution < -0.4 is 5.32 Å². The number of hydrogen-bond acceptors (Lipinski definition) is 5. The second-order valence-electron chi connectivity index (χ2n) is 8.45. The van der Waals surface area contributed by atoms with E-state index in [1.54, 1.807) is 20.8 Å². The quantitative estimate of drug-likeness (QED) is 0.739. The minimum atomic E-state index is -0.685. The van der Waals surface area contributed by atoms with Crippen molar-refractivity contribution in [3.63, 3.8) is 0 Å². The molecule has 1 unspecified atom stereocenters. The van der Waals surface area contributed by atoms with Crippen molar-refractivity contribution in [1.82, 2.24) is 5.32 Å². The molecule has 144 valence electrons. The number of aliphatic hydroxyl groups excluding tert-OH is 1. The first-order valence-electron chi connectivity index (χ1n) is 9.61. The van der Waals surface area contributed by atoms with Gasteiger partial charge in [0.25, 0.3) is 0 Å². The normalized spacial score (nSPS) is 26.1. The third-order valence-electron chi connectivity index (χ3n) is 4.95. The molecule has 6 heteroatoms. The van der Waals surface area contributed by atoms with Crippen molar-refractivity contribution in [2.75, 3.05) is 0 Å². The van der Waals surface area contributed by atoms with Crippen LogP contribution in [-0.4, -0.2) is 41.0 Å². The molecule has 2 fully saturated rings. The summed E-state index contributed by atoms with van der Waals surface area (Å²) in [4.78, 5) is 24.7. The molecule has 2 rings (SSSR count). The van der Waals surface area contributed by atoms with Gasteiger partial charge in [-0.15, -0.1) is 0 Å². The molecule has 0 heterocycles. The smallest absolute Gasteiger partial charge is 0.408 e. The standard InChI is InChI=1S/C19H33NO5/c1-19(2,3)25-18(23)20-16(12-13-8-10-14(21)11-9-13)17(22)24-15-6-4-5-7-15/h13-16,21H,4-12H2,1-3H3,(H,20,23). The third-order valence-corrected chi connectivity index (χ3v) is 4.95. The number of rotatable bonds is 5. The lowest BCUT2D eigenvalue weighted by molar-refractivity contribution is -0.152. The molecule has 1 amide bonds. The number of esters is 1. The lowest BCUT2D eigenvalue weighted by atomic mass is 9.83. The molecule has 0 saturated heterocycles. The number of alkyl carbamates (subject to hydrolysis) is 1. The molecular formula is C19H33NO5. The zero-order valence-electron chi connectivity index (χ0n) is 15.8. The van der Waals surface area contributed by atoms with E-state index in [0.717, 1.165) is 51.4 Å². The van der Waals surface area contributed by atoms with Gasteiger partial charge in [0.05, 0.1) is 6.10 Å². The summed E-state index contributed by atoms with van der Waals surface area (Å²) in [7, 11) is 0. The Bertz CT molecular complexity index is 445. The van der Waals surface area contributed by atoms with Crippen LogP contribution in [0, 0.1) is 5.92 Å². The molecule has 25 heavy (non-hydrogen) atoms. The fourth-order valence-corrected chi connectivity index (χ4v) is 3.63. The summed E-state index contributed by atoms with van der Waals surface area (Å²) in [6.45, 7) is 5.38. The third kappa shape index (κ3) is 7.22. The second kappa shape index (κ2) is 8.88. The summed E-state index contributed by atoms with van der Waals surface area (Å²) < 4.78 is 10.9. The molecule has 0 bridgehead atoms. The fraction of sp³-hybridized carbons (Fsp3) is 0.895. The number of hydrogen-bond donors (Lipinski definition) is 2. The summed E-state index contributed by atoms with van der Waals surface area (Å²) in [5.41, 5.74) is -0.612. The molecule has 0 aromatic heterocycles. The Morgan fingerprint density at radius 3 is 2.24 bits per heavy atom. The van der Waals surface area contributed by atoms with Crippen LogP contribution in [-0.2, 0) is 14.3 Å². The molecule has 0 aromatic carbocycles. The Morgan fingerprint density at radius 1 is 1.08 bits per heavy atom. The highest BCUT2D eigenvalue weighted by Gasteiger charge is 2.32. The van der Waals surface area contributed by atoms with Gasteiger partial charge < -0.3 is 19.9 Å². The van der Waals surface area contributed by atoms with Crippen molar-refractivity contribution < 1.29 is 24.2 Å². The van der Waals surface area contributed by atoms with Crippen molar-refractivity contribution >= 4 is 12.1 Å². The first-order chi connectivity index (χ1) is 11.7. The van der Waals surface area contributed by atoms with Gasteiger partial charge in [0.2, 0.25) is 0 Å². The Balaban J connectivity index is 1.94. The number of carbonyl (C=O) groups is 2. The minimum absolute atomic E-state index is 0.0244. The van der Waals surface area contributed by atoms with E-state index in [4.69, 9.17) is 9.47 Å². The first kappa shape index (κ1) is 20.0. The second-order valence-corrected chi connectivity index (χ2v) is 8.45. The average molecular weight is 355 g/mol. The van der Waals surface area contributed by atoms with Crippen LogP contribution >= 0.6 is 0 Å². The average Bonchev–Trinajstić information content (AvgIpc) is 2.99. The van der Waals surface area contributed by atoms with Gasteiger partial charge in [0, 0.05) is 0 Å². The van der Waals surface area contributed by atoms with E-state index < -0.39 is 17.7 Å². The molecule has 0 spiro atoms. The predicted molar refractivity (Wildman–Crippen MR) is 94.1 cm³/mol. The van der Waals surface area contributed by atoms with Crippen molar-refractivity contribution in [1.29, 1.82) is 0 Å². The van der Waals surface area contributed by atoms with Crippen LogP contribution in [0.5, 0.6) is 0 Å². The van der Waals surface area contributed by atoms with Crippen molar-refractivity contribution in [3.8, 4) is 0 Å². The van der Waals surface area contributed by atoms with Gasteiger partial charge >= 0.3 is 12.1 Å².